The molecular formula is C14H27N3. The second-order valence-electron chi connectivity index (χ2n) is 6.19. The van der Waals surface area contributed by atoms with Crippen molar-refractivity contribution in [3.8, 4) is 0 Å². The van der Waals surface area contributed by atoms with Crippen molar-refractivity contribution < 1.29 is 0 Å². The largest absolute Gasteiger partial charge is 0.314 e. The third-order valence-electron chi connectivity index (χ3n) is 4.81. The molecule has 0 bridgehead atoms. The maximum absolute atomic E-state index is 3.64. The second-order valence-corrected chi connectivity index (χ2v) is 6.19. The van der Waals surface area contributed by atoms with Gasteiger partial charge < -0.3 is 5.32 Å². The molecule has 3 fully saturated rings. The average molecular weight is 237 g/mol. The van der Waals surface area contributed by atoms with Gasteiger partial charge in [0.05, 0.1) is 0 Å². The van der Waals surface area contributed by atoms with Gasteiger partial charge in [-0.1, -0.05) is 0 Å². The van der Waals surface area contributed by atoms with Gasteiger partial charge in [-0.2, -0.15) is 0 Å². The molecule has 98 valence electrons. The van der Waals surface area contributed by atoms with E-state index in [2.05, 4.69) is 22.0 Å². The van der Waals surface area contributed by atoms with E-state index in [1.807, 2.05) is 0 Å². The van der Waals surface area contributed by atoms with Gasteiger partial charge in [0, 0.05) is 37.8 Å². The van der Waals surface area contributed by atoms with Crippen LogP contribution in [-0.2, 0) is 0 Å². The van der Waals surface area contributed by atoms with E-state index in [-0.39, 0.29) is 0 Å². The Hall–Kier alpha value is -0.120. The molecule has 2 aliphatic heterocycles. The number of hydrogen-bond acceptors (Lipinski definition) is 3. The number of piperazine rings is 1. The van der Waals surface area contributed by atoms with Gasteiger partial charge in [-0.25, -0.2) is 0 Å². The molecule has 1 aliphatic carbocycles. The summed E-state index contributed by atoms with van der Waals surface area (Å²) in [7, 11) is 0. The number of nitrogens with zero attached hydrogens (tertiary/aromatic N) is 2. The van der Waals surface area contributed by atoms with E-state index in [1.54, 1.807) is 0 Å². The summed E-state index contributed by atoms with van der Waals surface area (Å²) in [6.45, 7) is 8.92. The van der Waals surface area contributed by atoms with Crippen LogP contribution < -0.4 is 5.32 Å². The zero-order valence-electron chi connectivity index (χ0n) is 11.2. The average Bonchev–Trinajstić information content (AvgIpc) is 3.04. The van der Waals surface area contributed by atoms with Crippen LogP contribution in [0.3, 0.4) is 0 Å². The molecule has 0 spiro atoms. The summed E-state index contributed by atoms with van der Waals surface area (Å²) in [5, 5.41) is 3.64. The lowest BCUT2D eigenvalue weighted by atomic mass is 10.1. The molecule has 3 nitrogen and oxygen atoms in total. The topological polar surface area (TPSA) is 18.5 Å². The first-order chi connectivity index (χ1) is 8.33. The minimum Gasteiger partial charge on any atom is -0.314 e. The van der Waals surface area contributed by atoms with Gasteiger partial charge in [0.25, 0.3) is 0 Å². The summed E-state index contributed by atoms with van der Waals surface area (Å²) in [6.07, 6.45) is 7.01. The molecule has 0 aromatic carbocycles. The number of fused-ring (bicyclic) bond motifs is 1. The molecule has 0 aromatic rings. The van der Waals surface area contributed by atoms with Gasteiger partial charge in [0.15, 0.2) is 0 Å². The second kappa shape index (κ2) is 5.25. The van der Waals surface area contributed by atoms with Crippen LogP contribution in [-0.4, -0.2) is 60.6 Å². The lowest BCUT2D eigenvalue weighted by Gasteiger charge is -2.40. The van der Waals surface area contributed by atoms with E-state index in [0.29, 0.717) is 0 Å². The Morgan fingerprint density at radius 2 is 2.06 bits per heavy atom. The number of nitrogens with one attached hydrogen (secondary N) is 1. The fourth-order valence-electron chi connectivity index (χ4n) is 3.38. The maximum atomic E-state index is 3.64. The summed E-state index contributed by atoms with van der Waals surface area (Å²) in [6, 6.07) is 2.51. The number of hydrogen-bond donors (Lipinski definition) is 1. The molecule has 2 unspecified atom stereocenters. The van der Waals surface area contributed by atoms with Gasteiger partial charge in [-0.05, 0) is 52.1 Å². The third kappa shape index (κ3) is 3.01. The minimum absolute atomic E-state index is 0.768. The Bertz CT molecular complexity index is 252. The maximum Gasteiger partial charge on any atom is 0.0224 e. The lowest BCUT2D eigenvalue weighted by molar-refractivity contribution is 0.0743. The van der Waals surface area contributed by atoms with Crippen LogP contribution in [0.1, 0.15) is 39.0 Å². The summed E-state index contributed by atoms with van der Waals surface area (Å²) in [5.74, 6) is 0. The first kappa shape index (κ1) is 11.9. The van der Waals surface area contributed by atoms with Crippen LogP contribution in [0.4, 0.5) is 0 Å². The molecule has 1 saturated carbocycles. The van der Waals surface area contributed by atoms with Crippen molar-refractivity contribution in [2.24, 2.45) is 0 Å². The summed E-state index contributed by atoms with van der Waals surface area (Å²) >= 11 is 0. The highest BCUT2D eigenvalue weighted by Gasteiger charge is 2.32. The van der Waals surface area contributed by atoms with Crippen LogP contribution >= 0.6 is 0 Å². The first-order valence-corrected chi connectivity index (χ1v) is 7.54. The SMILES string of the molecule is CC(CCNC1CC1)N1CCN2CCCC2C1. The molecule has 3 heteroatoms. The zero-order valence-corrected chi connectivity index (χ0v) is 11.2. The molecule has 0 aromatic heterocycles. The predicted molar refractivity (Wildman–Crippen MR) is 71.3 cm³/mol. The Labute approximate surface area is 106 Å². The molecule has 1 N–H and O–H groups in total. The van der Waals surface area contributed by atoms with Crippen molar-refractivity contribution in [3.63, 3.8) is 0 Å². The Kier molecular flexibility index (Phi) is 3.69. The van der Waals surface area contributed by atoms with Crippen LogP contribution in [0.2, 0.25) is 0 Å². The highest BCUT2D eigenvalue weighted by atomic mass is 15.3. The Balaban J connectivity index is 1.40. The van der Waals surface area contributed by atoms with Crippen LogP contribution in [0.5, 0.6) is 0 Å². The standard InChI is InChI=1S/C14H27N3/c1-12(6-7-15-13-4-5-13)17-10-9-16-8-2-3-14(16)11-17/h12-15H,2-11H2,1H3. The van der Waals surface area contributed by atoms with Gasteiger partial charge in [-0.3, -0.25) is 9.80 Å². The van der Waals surface area contributed by atoms with Crippen LogP contribution in [0.25, 0.3) is 0 Å². The fourth-order valence-corrected chi connectivity index (χ4v) is 3.38. The van der Waals surface area contributed by atoms with Gasteiger partial charge in [0.1, 0.15) is 0 Å². The van der Waals surface area contributed by atoms with Crippen molar-refractivity contribution in [1.29, 1.82) is 0 Å². The van der Waals surface area contributed by atoms with E-state index < -0.39 is 0 Å². The molecule has 2 atom stereocenters. The summed E-state index contributed by atoms with van der Waals surface area (Å²) in [4.78, 5) is 5.42. The molecule has 17 heavy (non-hydrogen) atoms. The van der Waals surface area contributed by atoms with Crippen molar-refractivity contribution >= 4 is 0 Å². The lowest BCUT2D eigenvalue weighted by Crippen LogP contribution is -2.53. The summed E-state index contributed by atoms with van der Waals surface area (Å²) < 4.78 is 0. The van der Waals surface area contributed by atoms with Gasteiger partial charge >= 0.3 is 0 Å². The Morgan fingerprint density at radius 1 is 1.18 bits per heavy atom. The van der Waals surface area contributed by atoms with E-state index in [0.717, 1.165) is 18.1 Å². The quantitative estimate of drug-likeness (QED) is 0.777. The molecule has 2 saturated heterocycles. The van der Waals surface area contributed by atoms with E-state index in [9.17, 15) is 0 Å². The van der Waals surface area contributed by atoms with Crippen LogP contribution in [0.15, 0.2) is 0 Å². The van der Waals surface area contributed by atoms with Gasteiger partial charge in [-0.15, -0.1) is 0 Å². The van der Waals surface area contributed by atoms with E-state index in [4.69, 9.17) is 0 Å². The molecule has 3 aliphatic rings. The van der Waals surface area contributed by atoms with Crippen molar-refractivity contribution in [2.75, 3.05) is 32.7 Å². The molecule has 2 heterocycles. The smallest absolute Gasteiger partial charge is 0.0224 e. The molecule has 0 amide bonds. The van der Waals surface area contributed by atoms with Crippen LogP contribution in [0, 0.1) is 0 Å². The van der Waals surface area contributed by atoms with Crippen molar-refractivity contribution in [2.45, 2.75) is 57.2 Å². The minimum atomic E-state index is 0.768. The fraction of sp³-hybridized carbons (Fsp3) is 1.00. The molecule has 0 radical (unpaired) electrons. The van der Waals surface area contributed by atoms with Gasteiger partial charge in [0.2, 0.25) is 0 Å². The first-order valence-electron chi connectivity index (χ1n) is 7.54. The van der Waals surface area contributed by atoms with E-state index >= 15 is 0 Å². The predicted octanol–water partition coefficient (Wildman–Crippen LogP) is 1.30. The highest BCUT2D eigenvalue weighted by molar-refractivity contribution is 4.89. The highest BCUT2D eigenvalue weighted by Crippen LogP contribution is 2.23. The summed E-state index contributed by atoms with van der Waals surface area (Å²) in [5.41, 5.74) is 0. The van der Waals surface area contributed by atoms with Crippen molar-refractivity contribution in [3.05, 3.63) is 0 Å². The normalized spacial score (nSPS) is 32.6. The number of rotatable bonds is 5. The Morgan fingerprint density at radius 3 is 2.88 bits per heavy atom. The molecular weight excluding hydrogens is 210 g/mol. The molecule has 3 rings (SSSR count). The van der Waals surface area contributed by atoms with E-state index in [1.165, 1.54) is 64.8 Å². The zero-order chi connectivity index (χ0) is 11.7. The monoisotopic (exact) mass is 237 g/mol. The van der Waals surface area contributed by atoms with Crippen molar-refractivity contribution in [1.82, 2.24) is 15.1 Å². The third-order valence-corrected chi connectivity index (χ3v) is 4.81.